The Bertz CT molecular complexity index is 839. The smallest absolute Gasteiger partial charge is 0.353 e. The minimum absolute atomic E-state index is 0.135. The summed E-state index contributed by atoms with van der Waals surface area (Å²) in [4.78, 5) is 30.0. The average molecular weight is 295 g/mol. The van der Waals surface area contributed by atoms with Crippen molar-refractivity contribution in [3.63, 3.8) is 0 Å². The van der Waals surface area contributed by atoms with Gasteiger partial charge in [0.1, 0.15) is 5.75 Å². The fourth-order valence-electron chi connectivity index (χ4n) is 2.04. The molecule has 0 unspecified atom stereocenters. The van der Waals surface area contributed by atoms with E-state index in [2.05, 4.69) is 22.1 Å². The van der Waals surface area contributed by atoms with Gasteiger partial charge in [-0.3, -0.25) is 9.97 Å². The summed E-state index contributed by atoms with van der Waals surface area (Å²) in [5, 5.41) is 0. The van der Waals surface area contributed by atoms with E-state index in [9.17, 15) is 9.59 Å². The Balaban J connectivity index is 1.74. The number of benzene rings is 2. The number of hydrogen-bond donors (Lipinski definition) is 2. The van der Waals surface area contributed by atoms with Crippen LogP contribution in [0.4, 0.5) is 0 Å². The number of nitrogens with one attached hydrogen (secondary N) is 2. The fourth-order valence-corrected chi connectivity index (χ4v) is 2.04. The van der Waals surface area contributed by atoms with Crippen molar-refractivity contribution in [2.24, 2.45) is 0 Å². The number of rotatable bonds is 4. The molecule has 2 N–H and O–H groups in total. The molecule has 0 aliphatic carbocycles. The summed E-state index contributed by atoms with van der Waals surface area (Å²) in [6.07, 6.45) is 0.821. The van der Waals surface area contributed by atoms with E-state index in [-0.39, 0.29) is 6.01 Å². The van der Waals surface area contributed by atoms with Crippen molar-refractivity contribution in [3.8, 4) is 11.8 Å². The van der Waals surface area contributed by atoms with E-state index in [1.165, 1.54) is 5.56 Å². The van der Waals surface area contributed by atoms with Gasteiger partial charge in [-0.25, -0.2) is 9.59 Å². The highest BCUT2D eigenvalue weighted by atomic mass is 16.5. The van der Waals surface area contributed by atoms with Gasteiger partial charge in [0.25, 0.3) is 0 Å². The summed E-state index contributed by atoms with van der Waals surface area (Å²) < 4.78 is 5.36. The molecule has 0 saturated carbocycles. The summed E-state index contributed by atoms with van der Waals surface area (Å²) in [7, 11) is 0. The average Bonchev–Trinajstić information content (AvgIpc) is 2.49. The highest BCUT2D eigenvalue weighted by molar-refractivity contribution is 5.32. The van der Waals surface area contributed by atoms with Crippen LogP contribution < -0.4 is 16.1 Å². The van der Waals surface area contributed by atoms with E-state index < -0.39 is 11.4 Å². The van der Waals surface area contributed by atoms with Gasteiger partial charge in [0.2, 0.25) is 0 Å². The van der Waals surface area contributed by atoms with Gasteiger partial charge in [-0.1, -0.05) is 42.5 Å². The van der Waals surface area contributed by atoms with Crippen molar-refractivity contribution in [1.29, 1.82) is 0 Å². The first-order valence-corrected chi connectivity index (χ1v) is 6.70. The lowest BCUT2D eigenvalue weighted by atomic mass is 10.1. The van der Waals surface area contributed by atoms with Crippen molar-refractivity contribution in [1.82, 2.24) is 15.0 Å². The molecular formula is C16H13N3O3. The molecule has 0 bridgehead atoms. The highest BCUT2D eigenvalue weighted by Crippen LogP contribution is 2.18. The predicted octanol–water partition coefficient (Wildman–Crippen LogP) is 1.84. The van der Waals surface area contributed by atoms with Crippen molar-refractivity contribution in [3.05, 3.63) is 86.7 Å². The second-order valence-corrected chi connectivity index (χ2v) is 4.71. The van der Waals surface area contributed by atoms with Crippen LogP contribution in [0.2, 0.25) is 0 Å². The fraction of sp³-hybridized carbons (Fsp3) is 0.0625. The van der Waals surface area contributed by atoms with Crippen LogP contribution in [0.1, 0.15) is 11.1 Å². The van der Waals surface area contributed by atoms with E-state index >= 15 is 0 Å². The lowest BCUT2D eigenvalue weighted by Gasteiger charge is -2.05. The number of aromatic nitrogens is 3. The first-order valence-electron chi connectivity index (χ1n) is 6.70. The zero-order chi connectivity index (χ0) is 15.4. The van der Waals surface area contributed by atoms with Crippen LogP contribution in [-0.4, -0.2) is 15.0 Å². The molecule has 0 aliphatic heterocycles. The van der Waals surface area contributed by atoms with Crippen LogP contribution in [0.25, 0.3) is 0 Å². The largest absolute Gasteiger partial charge is 0.425 e. The van der Waals surface area contributed by atoms with E-state index in [4.69, 9.17) is 4.74 Å². The molecule has 0 radical (unpaired) electrons. The molecule has 1 aromatic heterocycles. The van der Waals surface area contributed by atoms with Crippen LogP contribution in [0.15, 0.2) is 64.2 Å². The standard InChI is InChI=1S/C16H13N3O3/c20-14-17-15(21)19-16(18-14)22-13-8-6-12(7-9-13)10-11-4-2-1-3-5-11/h1-9H,10H2,(H2,17,18,19,20,21). The molecule has 0 amide bonds. The summed E-state index contributed by atoms with van der Waals surface area (Å²) in [5.41, 5.74) is 0.942. The Morgan fingerprint density at radius 1 is 0.864 bits per heavy atom. The quantitative estimate of drug-likeness (QED) is 0.768. The van der Waals surface area contributed by atoms with Gasteiger partial charge in [-0.05, 0) is 29.7 Å². The Kier molecular flexibility index (Phi) is 3.82. The van der Waals surface area contributed by atoms with Crippen LogP contribution in [0.5, 0.6) is 11.8 Å². The number of ether oxygens (including phenoxy) is 1. The maximum absolute atomic E-state index is 11.1. The van der Waals surface area contributed by atoms with Gasteiger partial charge in [0.05, 0.1) is 0 Å². The normalized spacial score (nSPS) is 10.4. The first kappa shape index (κ1) is 13.8. The predicted molar refractivity (Wildman–Crippen MR) is 81.2 cm³/mol. The monoisotopic (exact) mass is 295 g/mol. The zero-order valence-corrected chi connectivity index (χ0v) is 11.6. The molecule has 110 valence electrons. The van der Waals surface area contributed by atoms with E-state index in [1.54, 1.807) is 12.1 Å². The van der Waals surface area contributed by atoms with E-state index in [1.807, 2.05) is 35.3 Å². The Morgan fingerprint density at radius 3 is 2.23 bits per heavy atom. The Morgan fingerprint density at radius 2 is 1.55 bits per heavy atom. The maximum Gasteiger partial charge on any atom is 0.353 e. The minimum atomic E-state index is -0.751. The first-order chi connectivity index (χ1) is 10.7. The lowest BCUT2D eigenvalue weighted by Crippen LogP contribution is -2.24. The molecule has 6 heteroatoms. The summed E-state index contributed by atoms with van der Waals surface area (Å²) in [5.74, 6) is 0.491. The molecule has 3 rings (SSSR count). The molecule has 6 nitrogen and oxygen atoms in total. The highest BCUT2D eigenvalue weighted by Gasteiger charge is 2.02. The van der Waals surface area contributed by atoms with Gasteiger partial charge < -0.3 is 4.74 Å². The Hall–Kier alpha value is -3.15. The number of aromatic amines is 2. The number of H-pyrrole nitrogens is 2. The number of hydrogen-bond acceptors (Lipinski definition) is 4. The van der Waals surface area contributed by atoms with Crippen molar-refractivity contribution >= 4 is 0 Å². The molecule has 3 aromatic rings. The summed E-state index contributed by atoms with van der Waals surface area (Å²) in [6.45, 7) is 0. The van der Waals surface area contributed by atoms with Crippen molar-refractivity contribution in [2.45, 2.75) is 6.42 Å². The third-order valence-electron chi connectivity index (χ3n) is 3.03. The Labute approximate surface area is 125 Å². The van der Waals surface area contributed by atoms with Crippen LogP contribution in [0.3, 0.4) is 0 Å². The third kappa shape index (κ3) is 3.49. The molecular weight excluding hydrogens is 282 g/mol. The minimum Gasteiger partial charge on any atom is -0.425 e. The van der Waals surface area contributed by atoms with E-state index in [0.29, 0.717) is 5.75 Å². The molecule has 22 heavy (non-hydrogen) atoms. The molecule has 0 saturated heterocycles. The van der Waals surface area contributed by atoms with Crippen LogP contribution in [-0.2, 0) is 6.42 Å². The van der Waals surface area contributed by atoms with Gasteiger partial charge in [-0.2, -0.15) is 0 Å². The van der Waals surface area contributed by atoms with Crippen LogP contribution in [0, 0.1) is 0 Å². The molecule has 0 spiro atoms. The summed E-state index contributed by atoms with van der Waals surface area (Å²) in [6, 6.07) is 17.4. The second kappa shape index (κ2) is 6.09. The molecule has 0 atom stereocenters. The molecule has 1 heterocycles. The van der Waals surface area contributed by atoms with Gasteiger partial charge in [-0.15, -0.1) is 4.98 Å². The van der Waals surface area contributed by atoms with Gasteiger partial charge >= 0.3 is 17.4 Å². The maximum atomic E-state index is 11.1. The van der Waals surface area contributed by atoms with Crippen molar-refractivity contribution in [2.75, 3.05) is 0 Å². The zero-order valence-electron chi connectivity index (χ0n) is 11.6. The number of nitrogens with zero attached hydrogens (tertiary/aromatic N) is 1. The van der Waals surface area contributed by atoms with Crippen LogP contribution >= 0.6 is 0 Å². The topological polar surface area (TPSA) is 87.8 Å². The second-order valence-electron chi connectivity index (χ2n) is 4.71. The van der Waals surface area contributed by atoms with E-state index in [0.717, 1.165) is 12.0 Å². The SMILES string of the molecule is O=c1nc(Oc2ccc(Cc3ccccc3)cc2)[nH]c(=O)[nH]1. The van der Waals surface area contributed by atoms with Gasteiger partial charge in [0.15, 0.2) is 0 Å². The molecule has 2 aromatic carbocycles. The van der Waals surface area contributed by atoms with Crippen molar-refractivity contribution < 1.29 is 4.74 Å². The van der Waals surface area contributed by atoms with Gasteiger partial charge in [0, 0.05) is 0 Å². The summed E-state index contributed by atoms with van der Waals surface area (Å²) >= 11 is 0. The molecule has 0 aliphatic rings. The lowest BCUT2D eigenvalue weighted by molar-refractivity contribution is 0.434. The third-order valence-corrected chi connectivity index (χ3v) is 3.03. The molecule has 0 fully saturated rings.